The fraction of sp³-hybridized carbons (Fsp3) is 0.391. The third-order valence-electron chi connectivity index (χ3n) is 5.34. The van der Waals surface area contributed by atoms with Gasteiger partial charge in [-0.1, -0.05) is 43.4 Å². The number of ether oxygens (including phenoxy) is 1. The number of nitrogens with zero attached hydrogens (tertiary/aromatic N) is 3. The van der Waals surface area contributed by atoms with E-state index in [0.29, 0.717) is 18.2 Å². The predicted molar refractivity (Wildman–Crippen MR) is 137 cm³/mol. The number of halogens is 1. The summed E-state index contributed by atoms with van der Waals surface area (Å²) in [4.78, 5) is 21.9. The van der Waals surface area contributed by atoms with Gasteiger partial charge in [0.15, 0.2) is 15.0 Å². The molecule has 2 aromatic carbocycles. The first-order valence-corrected chi connectivity index (χ1v) is 13.1. The number of rotatable bonds is 11. The molecule has 0 aliphatic heterocycles. The van der Waals surface area contributed by atoms with Crippen molar-refractivity contribution in [2.75, 3.05) is 43.9 Å². The van der Waals surface area contributed by atoms with Crippen molar-refractivity contribution in [3.63, 3.8) is 0 Å². The van der Waals surface area contributed by atoms with Crippen LogP contribution in [0.5, 0.6) is 5.75 Å². The highest BCUT2D eigenvalue weighted by Crippen LogP contribution is 2.32. The van der Waals surface area contributed by atoms with Crippen molar-refractivity contribution in [2.45, 2.75) is 25.2 Å². The number of fused-ring (bicyclic) bond motifs is 1. The molecule has 1 aromatic heterocycles. The molecule has 33 heavy (non-hydrogen) atoms. The summed E-state index contributed by atoms with van der Waals surface area (Å²) in [6, 6.07) is 13.8. The molecule has 0 fully saturated rings. The van der Waals surface area contributed by atoms with E-state index in [1.165, 1.54) is 11.3 Å². The van der Waals surface area contributed by atoms with Crippen LogP contribution >= 0.6 is 23.7 Å². The minimum Gasteiger partial charge on any atom is -0.497 e. The van der Waals surface area contributed by atoms with E-state index in [9.17, 15) is 13.2 Å². The van der Waals surface area contributed by atoms with Crippen LogP contribution in [0, 0.1) is 0 Å². The molecule has 0 radical (unpaired) electrons. The lowest BCUT2D eigenvalue weighted by atomic mass is 10.3. The first-order valence-electron chi connectivity index (χ1n) is 10.6. The quantitative estimate of drug-likeness (QED) is 0.382. The van der Waals surface area contributed by atoms with Crippen LogP contribution in [0.3, 0.4) is 0 Å². The highest BCUT2D eigenvalue weighted by molar-refractivity contribution is 7.91. The number of carbonyl (C=O) groups excluding carboxylic acids is 1. The molecule has 180 valence electrons. The van der Waals surface area contributed by atoms with Crippen LogP contribution in [-0.4, -0.2) is 63.3 Å². The Morgan fingerprint density at radius 3 is 2.39 bits per heavy atom. The van der Waals surface area contributed by atoms with Gasteiger partial charge in [-0.3, -0.25) is 9.69 Å². The minimum atomic E-state index is -3.54. The fourth-order valence-corrected chi connectivity index (χ4v) is 5.63. The van der Waals surface area contributed by atoms with Crippen LogP contribution in [0.4, 0.5) is 5.13 Å². The van der Waals surface area contributed by atoms with Gasteiger partial charge in [-0.25, -0.2) is 13.4 Å². The molecular formula is C23H30ClN3O4S2. The summed E-state index contributed by atoms with van der Waals surface area (Å²) in [6.45, 7) is 7.03. The maximum Gasteiger partial charge on any atom is 0.229 e. The molecular weight excluding hydrogens is 482 g/mol. The van der Waals surface area contributed by atoms with Crippen LogP contribution in [-0.2, 0) is 14.6 Å². The lowest BCUT2D eigenvalue weighted by molar-refractivity contribution is -0.118. The third-order valence-corrected chi connectivity index (χ3v) is 8.11. The molecule has 0 atom stereocenters. The molecule has 1 amide bonds. The van der Waals surface area contributed by atoms with Crippen LogP contribution in [0.2, 0.25) is 0 Å². The molecule has 0 spiro atoms. The van der Waals surface area contributed by atoms with Crippen molar-refractivity contribution < 1.29 is 17.9 Å². The monoisotopic (exact) mass is 511 g/mol. The Balaban J connectivity index is 0.00000385. The maximum atomic E-state index is 13.2. The molecule has 0 N–H and O–H groups in total. The Morgan fingerprint density at radius 2 is 1.76 bits per heavy atom. The standard InChI is InChI=1S/C23H29N3O4S2.ClH/c1-4-25(5-2)14-15-26(23-24-20-12-11-18(30-3)17-21(20)31-23)22(27)13-16-32(28,29)19-9-7-6-8-10-19;/h6-12,17H,4-5,13-16H2,1-3H3;1H. The lowest BCUT2D eigenvalue weighted by Gasteiger charge is -2.24. The van der Waals surface area contributed by atoms with E-state index in [1.54, 1.807) is 42.3 Å². The molecule has 0 bridgehead atoms. The zero-order valence-electron chi connectivity index (χ0n) is 19.1. The van der Waals surface area contributed by atoms with E-state index in [-0.39, 0.29) is 35.4 Å². The first kappa shape index (κ1) is 27.0. The van der Waals surface area contributed by atoms with Crippen molar-refractivity contribution in [1.82, 2.24) is 9.88 Å². The second kappa shape index (κ2) is 12.3. The number of hydrogen-bond donors (Lipinski definition) is 0. The summed E-state index contributed by atoms with van der Waals surface area (Å²) in [5.41, 5.74) is 0.781. The second-order valence-electron chi connectivity index (χ2n) is 7.28. The van der Waals surface area contributed by atoms with Crippen LogP contribution < -0.4 is 9.64 Å². The average Bonchev–Trinajstić information content (AvgIpc) is 3.23. The molecule has 1 heterocycles. The topological polar surface area (TPSA) is 79.8 Å². The molecule has 0 aliphatic rings. The smallest absolute Gasteiger partial charge is 0.229 e. The molecule has 3 rings (SSSR count). The van der Waals surface area contributed by atoms with Gasteiger partial charge in [0.2, 0.25) is 5.91 Å². The number of thiazole rings is 1. The summed E-state index contributed by atoms with van der Waals surface area (Å²) in [5, 5.41) is 0.572. The van der Waals surface area contributed by atoms with E-state index < -0.39 is 9.84 Å². The normalized spacial score (nSPS) is 11.4. The zero-order valence-corrected chi connectivity index (χ0v) is 21.5. The number of anilines is 1. The molecule has 0 aliphatic carbocycles. The molecule has 10 heteroatoms. The summed E-state index contributed by atoms with van der Waals surface area (Å²) in [6.07, 6.45) is -0.102. The minimum absolute atomic E-state index is 0. The van der Waals surface area contributed by atoms with Gasteiger partial charge in [0.1, 0.15) is 5.75 Å². The highest BCUT2D eigenvalue weighted by Gasteiger charge is 2.23. The summed E-state index contributed by atoms with van der Waals surface area (Å²) >= 11 is 1.41. The van der Waals surface area contributed by atoms with Gasteiger partial charge in [0.05, 0.1) is 28.0 Å². The maximum absolute atomic E-state index is 13.2. The third kappa shape index (κ3) is 6.89. The molecule has 0 unspecified atom stereocenters. The van der Waals surface area contributed by atoms with Gasteiger partial charge < -0.3 is 9.64 Å². The number of hydrogen-bond acceptors (Lipinski definition) is 7. The van der Waals surface area contributed by atoms with Gasteiger partial charge in [0.25, 0.3) is 0 Å². The lowest BCUT2D eigenvalue weighted by Crippen LogP contribution is -2.39. The highest BCUT2D eigenvalue weighted by atomic mass is 35.5. The van der Waals surface area contributed by atoms with Crippen molar-refractivity contribution in [1.29, 1.82) is 0 Å². The number of sulfone groups is 1. The summed E-state index contributed by atoms with van der Waals surface area (Å²) in [5.74, 6) is 0.237. The van der Waals surface area contributed by atoms with Crippen molar-refractivity contribution >= 4 is 54.8 Å². The van der Waals surface area contributed by atoms with Crippen LogP contribution in [0.1, 0.15) is 20.3 Å². The van der Waals surface area contributed by atoms with Gasteiger partial charge >= 0.3 is 0 Å². The van der Waals surface area contributed by atoms with Gasteiger partial charge in [-0.15, -0.1) is 12.4 Å². The Kier molecular flexibility index (Phi) is 10.1. The first-order chi connectivity index (χ1) is 15.4. The Labute approximate surface area is 205 Å². The van der Waals surface area contributed by atoms with E-state index in [4.69, 9.17) is 4.74 Å². The molecule has 7 nitrogen and oxygen atoms in total. The number of carbonyl (C=O) groups is 1. The predicted octanol–water partition coefficient (Wildman–Crippen LogP) is 4.27. The van der Waals surface area contributed by atoms with Gasteiger partial charge in [-0.2, -0.15) is 0 Å². The number of aromatic nitrogens is 1. The zero-order chi connectivity index (χ0) is 23.1. The van der Waals surface area contributed by atoms with Gasteiger partial charge in [-0.05, 0) is 43.4 Å². The van der Waals surface area contributed by atoms with Crippen molar-refractivity contribution in [3.05, 3.63) is 48.5 Å². The van der Waals surface area contributed by atoms with Crippen LogP contribution in [0.25, 0.3) is 10.2 Å². The number of benzene rings is 2. The fourth-order valence-electron chi connectivity index (χ4n) is 3.35. The second-order valence-corrected chi connectivity index (χ2v) is 10.4. The van der Waals surface area contributed by atoms with Crippen molar-refractivity contribution in [2.24, 2.45) is 0 Å². The Morgan fingerprint density at radius 1 is 1.06 bits per heavy atom. The van der Waals surface area contributed by atoms with Crippen LogP contribution in [0.15, 0.2) is 53.4 Å². The molecule has 0 saturated carbocycles. The number of methoxy groups -OCH3 is 1. The Hall–Kier alpha value is -2.20. The van der Waals surface area contributed by atoms with E-state index in [2.05, 4.69) is 23.7 Å². The molecule has 3 aromatic rings. The van der Waals surface area contributed by atoms with E-state index in [0.717, 1.165) is 29.1 Å². The SMILES string of the molecule is CCN(CC)CCN(C(=O)CCS(=O)(=O)c1ccccc1)c1nc2ccc(OC)cc2s1.Cl. The summed E-state index contributed by atoms with van der Waals surface area (Å²) in [7, 11) is -1.93. The van der Waals surface area contributed by atoms with Gasteiger partial charge in [0, 0.05) is 19.5 Å². The number of likely N-dealkylation sites (N-methyl/N-ethyl adjacent to an activating group) is 1. The number of amides is 1. The van der Waals surface area contributed by atoms with Crippen molar-refractivity contribution in [3.8, 4) is 5.75 Å². The summed E-state index contributed by atoms with van der Waals surface area (Å²) < 4.78 is 31.5. The van der Waals surface area contributed by atoms with E-state index >= 15 is 0 Å². The largest absolute Gasteiger partial charge is 0.497 e. The Bertz CT molecular complexity index is 1150. The average molecular weight is 512 g/mol. The molecule has 0 saturated heterocycles. The van der Waals surface area contributed by atoms with E-state index in [1.807, 2.05) is 18.2 Å².